The molecule has 0 saturated heterocycles. The van der Waals surface area contributed by atoms with Crippen LogP contribution in [-0.2, 0) is 4.74 Å². The van der Waals surface area contributed by atoms with Crippen LogP contribution in [0.4, 0.5) is 9.59 Å². The van der Waals surface area contributed by atoms with Crippen molar-refractivity contribution < 1.29 is 19.4 Å². The van der Waals surface area contributed by atoms with Crippen molar-refractivity contribution in [3.05, 3.63) is 0 Å². The molecule has 1 fully saturated rings. The Labute approximate surface area is 221 Å². The van der Waals surface area contributed by atoms with Gasteiger partial charge >= 0.3 is 12.2 Å². The van der Waals surface area contributed by atoms with Crippen LogP contribution in [0.5, 0.6) is 0 Å². The molecule has 0 aromatic rings. The van der Waals surface area contributed by atoms with Crippen molar-refractivity contribution in [1.29, 1.82) is 0 Å². The van der Waals surface area contributed by atoms with Gasteiger partial charge in [0.15, 0.2) is 0 Å². The van der Waals surface area contributed by atoms with Crippen LogP contribution in [0.25, 0.3) is 0 Å². The van der Waals surface area contributed by atoms with Crippen LogP contribution in [-0.4, -0.2) is 60.0 Å². The van der Waals surface area contributed by atoms with E-state index in [-0.39, 0.29) is 0 Å². The van der Waals surface area contributed by atoms with Gasteiger partial charge < -0.3 is 25.4 Å². The van der Waals surface area contributed by atoms with Gasteiger partial charge in [0.05, 0.1) is 0 Å². The van der Waals surface area contributed by atoms with E-state index in [1.165, 1.54) is 94.8 Å². The number of rotatable bonds is 11. The maximum absolute atomic E-state index is 11.7. The van der Waals surface area contributed by atoms with E-state index in [2.05, 4.69) is 10.6 Å². The number of amides is 2. The fraction of sp³-hybridized carbons (Fsp3) is 0.931. The molecule has 0 spiro atoms. The number of alkyl carbamates (subject to hydrolysis) is 1. The van der Waals surface area contributed by atoms with E-state index in [4.69, 9.17) is 4.74 Å². The van der Waals surface area contributed by atoms with Gasteiger partial charge in [0.25, 0.3) is 0 Å². The molecule has 3 N–H and O–H groups in total. The number of carbonyl (C=O) groups excluding carboxylic acids is 1. The van der Waals surface area contributed by atoms with Gasteiger partial charge in [-0.15, -0.1) is 0 Å². The summed E-state index contributed by atoms with van der Waals surface area (Å²) in [5.41, 5.74) is -0.510. The lowest BCUT2D eigenvalue weighted by Gasteiger charge is -2.21. The average molecular weight is 512 g/mol. The van der Waals surface area contributed by atoms with Crippen LogP contribution >= 0.6 is 0 Å². The summed E-state index contributed by atoms with van der Waals surface area (Å²) in [6, 6.07) is 0.614. The van der Waals surface area contributed by atoms with E-state index in [0.29, 0.717) is 25.7 Å². The molecule has 0 aliphatic heterocycles. The highest BCUT2D eigenvalue weighted by Crippen LogP contribution is 2.17. The first-order chi connectivity index (χ1) is 17.3. The van der Waals surface area contributed by atoms with E-state index < -0.39 is 17.8 Å². The molecule has 1 aliphatic rings. The summed E-state index contributed by atoms with van der Waals surface area (Å²) < 4.78 is 5.21. The molecule has 7 nitrogen and oxygen atoms in total. The molecule has 1 rings (SSSR count). The number of unbranched alkanes of at least 4 members (excludes halogenated alkanes) is 2. The minimum absolute atomic E-state index is 0.423. The predicted molar refractivity (Wildman–Crippen MR) is 149 cm³/mol. The highest BCUT2D eigenvalue weighted by Gasteiger charge is 2.16. The number of nitrogens with one attached hydrogen (secondary N) is 2. The van der Waals surface area contributed by atoms with E-state index >= 15 is 0 Å². The predicted octanol–water partition coefficient (Wildman–Crippen LogP) is 7.48. The quantitative estimate of drug-likeness (QED) is 0.250. The lowest BCUT2D eigenvalue weighted by atomic mass is 10.0. The maximum atomic E-state index is 11.7. The molecule has 0 heterocycles. The third-order valence-electron chi connectivity index (χ3n) is 6.94. The Morgan fingerprint density at radius 3 is 1.64 bits per heavy atom. The van der Waals surface area contributed by atoms with Crippen molar-refractivity contribution in [2.45, 2.75) is 148 Å². The molecule has 0 unspecified atom stereocenters. The SMILES string of the molecule is CC(C)(C)OC(=O)NCCCCN(CCCCNC1CCCCCCCCCCCCCC1)C(=O)O. The van der Waals surface area contributed by atoms with Gasteiger partial charge in [-0.3, -0.25) is 0 Å². The molecule has 0 aromatic carbocycles. The number of hydrogen-bond donors (Lipinski definition) is 3. The molecular formula is C29H57N3O4. The van der Waals surface area contributed by atoms with Crippen molar-refractivity contribution in [2.75, 3.05) is 26.2 Å². The summed E-state index contributed by atoms with van der Waals surface area (Å²) in [6.45, 7) is 8.03. The summed E-state index contributed by atoms with van der Waals surface area (Å²) in [5, 5.41) is 16.0. The minimum atomic E-state index is -0.857. The molecule has 1 saturated carbocycles. The first-order valence-electron chi connectivity index (χ1n) is 15.0. The zero-order chi connectivity index (χ0) is 26.5. The van der Waals surface area contributed by atoms with Gasteiger partial charge in [0, 0.05) is 25.7 Å². The smallest absolute Gasteiger partial charge is 0.407 e. The van der Waals surface area contributed by atoms with E-state index in [1.807, 2.05) is 20.8 Å². The minimum Gasteiger partial charge on any atom is -0.465 e. The van der Waals surface area contributed by atoms with E-state index in [0.717, 1.165) is 32.2 Å². The average Bonchev–Trinajstić information content (AvgIpc) is 2.81. The number of hydrogen-bond acceptors (Lipinski definition) is 4. The summed E-state index contributed by atoms with van der Waals surface area (Å²) in [6.07, 6.45) is 21.2. The molecule has 36 heavy (non-hydrogen) atoms. The maximum Gasteiger partial charge on any atom is 0.407 e. The van der Waals surface area contributed by atoms with E-state index in [1.54, 1.807) is 0 Å². The van der Waals surface area contributed by atoms with Gasteiger partial charge in [-0.05, 0) is 65.8 Å². The number of ether oxygens (including phenoxy) is 1. The van der Waals surface area contributed by atoms with Crippen molar-refractivity contribution in [3.8, 4) is 0 Å². The Hall–Kier alpha value is -1.50. The molecule has 0 atom stereocenters. The van der Waals surface area contributed by atoms with Gasteiger partial charge in [0.2, 0.25) is 0 Å². The Balaban J connectivity index is 2.20. The molecule has 0 aromatic heterocycles. The second-order valence-electron chi connectivity index (χ2n) is 11.6. The Bertz CT molecular complexity index is 549. The Morgan fingerprint density at radius 1 is 0.750 bits per heavy atom. The first kappa shape index (κ1) is 32.5. The van der Waals surface area contributed by atoms with Crippen LogP contribution in [0, 0.1) is 0 Å². The lowest BCUT2D eigenvalue weighted by Crippen LogP contribution is -2.34. The van der Waals surface area contributed by atoms with Gasteiger partial charge in [0.1, 0.15) is 5.60 Å². The Morgan fingerprint density at radius 2 is 1.19 bits per heavy atom. The fourth-order valence-corrected chi connectivity index (χ4v) is 4.87. The third-order valence-corrected chi connectivity index (χ3v) is 6.94. The molecule has 7 heteroatoms. The van der Waals surface area contributed by atoms with Crippen LogP contribution < -0.4 is 10.6 Å². The lowest BCUT2D eigenvalue weighted by molar-refractivity contribution is 0.0526. The fourth-order valence-electron chi connectivity index (χ4n) is 4.87. The molecular weight excluding hydrogens is 454 g/mol. The standard InChI is InChI=1S/C29H57N3O4/c1-29(2,3)36-27(33)31-23-17-19-25-32(28(34)35)24-18-16-22-30-26-20-14-12-10-8-6-4-5-7-9-11-13-15-21-26/h26,30H,4-25H2,1-3H3,(H,31,33)(H,34,35). The van der Waals surface area contributed by atoms with Gasteiger partial charge in [-0.25, -0.2) is 9.59 Å². The number of carbonyl (C=O) groups is 2. The van der Waals surface area contributed by atoms with Crippen molar-refractivity contribution in [2.24, 2.45) is 0 Å². The van der Waals surface area contributed by atoms with Crippen LogP contribution in [0.3, 0.4) is 0 Å². The topological polar surface area (TPSA) is 90.9 Å². The van der Waals surface area contributed by atoms with E-state index in [9.17, 15) is 14.7 Å². The number of carboxylic acid groups (broad SMARTS) is 1. The Kier molecular flexibility index (Phi) is 18.6. The largest absolute Gasteiger partial charge is 0.465 e. The van der Waals surface area contributed by atoms with Crippen LogP contribution in [0.15, 0.2) is 0 Å². The van der Waals surface area contributed by atoms with Gasteiger partial charge in [-0.1, -0.05) is 77.0 Å². The van der Waals surface area contributed by atoms with Gasteiger partial charge in [-0.2, -0.15) is 0 Å². The van der Waals surface area contributed by atoms with Crippen molar-refractivity contribution in [3.63, 3.8) is 0 Å². The first-order valence-corrected chi connectivity index (χ1v) is 15.0. The summed E-state index contributed by atoms with van der Waals surface area (Å²) in [7, 11) is 0. The molecule has 0 radical (unpaired) electrons. The molecule has 212 valence electrons. The molecule has 1 aliphatic carbocycles. The van der Waals surface area contributed by atoms with Crippen LogP contribution in [0.2, 0.25) is 0 Å². The molecule has 0 bridgehead atoms. The second kappa shape index (κ2) is 20.5. The zero-order valence-corrected chi connectivity index (χ0v) is 23.8. The molecule has 2 amide bonds. The highest BCUT2D eigenvalue weighted by molar-refractivity contribution is 5.67. The highest BCUT2D eigenvalue weighted by atomic mass is 16.6. The summed E-state index contributed by atoms with van der Waals surface area (Å²) >= 11 is 0. The summed E-state index contributed by atoms with van der Waals surface area (Å²) in [4.78, 5) is 24.8. The van der Waals surface area contributed by atoms with Crippen molar-refractivity contribution in [1.82, 2.24) is 15.5 Å². The van der Waals surface area contributed by atoms with Crippen LogP contribution in [0.1, 0.15) is 136 Å². The van der Waals surface area contributed by atoms with Crippen molar-refractivity contribution >= 4 is 12.2 Å². The third kappa shape index (κ3) is 19.7. The number of nitrogens with zero attached hydrogens (tertiary/aromatic N) is 1. The summed E-state index contributed by atoms with van der Waals surface area (Å²) in [5.74, 6) is 0. The normalized spacial score (nSPS) is 17.5. The zero-order valence-electron chi connectivity index (χ0n) is 23.8. The second-order valence-corrected chi connectivity index (χ2v) is 11.6. The monoisotopic (exact) mass is 511 g/mol.